The zero-order chi connectivity index (χ0) is 12.7. The summed E-state index contributed by atoms with van der Waals surface area (Å²) in [6, 6.07) is 5.41. The molecule has 1 aromatic carbocycles. The number of halogens is 1. The maximum atomic E-state index is 11.2. The summed E-state index contributed by atoms with van der Waals surface area (Å²) < 4.78 is 5.10. The monoisotopic (exact) mass is 256 g/mol. The van der Waals surface area contributed by atoms with Crippen molar-refractivity contribution in [3.63, 3.8) is 0 Å². The van der Waals surface area contributed by atoms with E-state index in [4.69, 9.17) is 16.3 Å². The van der Waals surface area contributed by atoms with Gasteiger partial charge in [-0.25, -0.2) is 0 Å². The van der Waals surface area contributed by atoms with Gasteiger partial charge in [-0.3, -0.25) is 4.79 Å². The molecule has 0 fully saturated rings. The van der Waals surface area contributed by atoms with E-state index in [2.05, 4.69) is 10.6 Å². The second-order valence-electron chi connectivity index (χ2n) is 3.48. The number of carbonyl (C=O) groups is 1. The summed E-state index contributed by atoms with van der Waals surface area (Å²) in [5.74, 6) is 0.663. The first-order chi connectivity index (χ1) is 8.17. The molecule has 5 heteroatoms. The van der Waals surface area contributed by atoms with Gasteiger partial charge in [0.05, 0.1) is 12.1 Å². The van der Waals surface area contributed by atoms with Gasteiger partial charge in [-0.1, -0.05) is 11.6 Å². The van der Waals surface area contributed by atoms with Gasteiger partial charge in [0.1, 0.15) is 5.75 Å². The fraction of sp³-hybridized carbons (Fsp3) is 0.417. The summed E-state index contributed by atoms with van der Waals surface area (Å²) in [5.41, 5.74) is 0.885. The first-order valence-electron chi connectivity index (χ1n) is 5.51. The topological polar surface area (TPSA) is 50.4 Å². The highest BCUT2D eigenvalue weighted by atomic mass is 35.5. The largest absolute Gasteiger partial charge is 0.495 e. The highest BCUT2D eigenvalue weighted by molar-refractivity contribution is 6.32. The van der Waals surface area contributed by atoms with Gasteiger partial charge < -0.3 is 15.4 Å². The Morgan fingerprint density at radius 1 is 1.47 bits per heavy atom. The van der Waals surface area contributed by atoms with Crippen LogP contribution >= 0.6 is 11.6 Å². The molecular formula is C12H17ClN2O2. The van der Waals surface area contributed by atoms with E-state index in [0.717, 1.165) is 5.69 Å². The van der Waals surface area contributed by atoms with E-state index in [0.29, 0.717) is 30.3 Å². The summed E-state index contributed by atoms with van der Waals surface area (Å²) in [6.45, 7) is 3.14. The summed E-state index contributed by atoms with van der Waals surface area (Å²) in [5, 5.41) is 6.45. The third kappa shape index (κ3) is 4.53. The van der Waals surface area contributed by atoms with Crippen molar-refractivity contribution in [1.29, 1.82) is 0 Å². The van der Waals surface area contributed by atoms with Gasteiger partial charge in [0.25, 0.3) is 0 Å². The van der Waals surface area contributed by atoms with Gasteiger partial charge >= 0.3 is 0 Å². The normalized spacial score (nSPS) is 9.82. The number of carbonyl (C=O) groups excluding carboxylic acids is 1. The van der Waals surface area contributed by atoms with Crippen LogP contribution in [0.5, 0.6) is 5.75 Å². The maximum absolute atomic E-state index is 11.2. The molecule has 0 saturated heterocycles. The van der Waals surface area contributed by atoms with Crippen LogP contribution in [0.1, 0.15) is 13.3 Å². The SMILES string of the molecule is CCNC(=O)CCNc1ccc(Cl)c(OC)c1. The lowest BCUT2D eigenvalue weighted by Crippen LogP contribution is -2.24. The highest BCUT2D eigenvalue weighted by Gasteiger charge is 2.02. The first-order valence-corrected chi connectivity index (χ1v) is 5.89. The minimum Gasteiger partial charge on any atom is -0.495 e. The smallest absolute Gasteiger partial charge is 0.221 e. The molecule has 0 aliphatic rings. The average molecular weight is 257 g/mol. The number of rotatable bonds is 6. The summed E-state index contributed by atoms with van der Waals surface area (Å²) in [4.78, 5) is 11.2. The van der Waals surface area contributed by atoms with E-state index < -0.39 is 0 Å². The second-order valence-corrected chi connectivity index (χ2v) is 3.89. The summed E-state index contributed by atoms with van der Waals surface area (Å²) in [7, 11) is 1.57. The fourth-order valence-electron chi connectivity index (χ4n) is 1.38. The number of anilines is 1. The molecule has 0 aliphatic carbocycles. The van der Waals surface area contributed by atoms with E-state index >= 15 is 0 Å². The van der Waals surface area contributed by atoms with Gasteiger partial charge in [0.15, 0.2) is 0 Å². The van der Waals surface area contributed by atoms with Crippen LogP contribution in [0.25, 0.3) is 0 Å². The predicted molar refractivity (Wildman–Crippen MR) is 69.8 cm³/mol. The molecule has 1 aromatic rings. The predicted octanol–water partition coefficient (Wildman–Crippen LogP) is 2.29. The Balaban J connectivity index is 2.44. The van der Waals surface area contributed by atoms with Gasteiger partial charge in [-0.05, 0) is 19.1 Å². The molecule has 1 rings (SSSR count). The number of nitrogens with one attached hydrogen (secondary N) is 2. The van der Waals surface area contributed by atoms with Crippen molar-refractivity contribution in [2.45, 2.75) is 13.3 Å². The number of hydrogen-bond donors (Lipinski definition) is 2. The standard InChI is InChI=1S/C12H17ClN2O2/c1-3-14-12(16)6-7-15-9-4-5-10(13)11(8-9)17-2/h4-5,8,15H,3,6-7H2,1-2H3,(H,14,16). The molecule has 0 unspecified atom stereocenters. The number of benzene rings is 1. The number of amides is 1. The molecule has 2 N–H and O–H groups in total. The van der Waals surface area contributed by atoms with Crippen molar-refractivity contribution in [1.82, 2.24) is 5.32 Å². The molecule has 4 nitrogen and oxygen atoms in total. The molecule has 0 aliphatic heterocycles. The van der Waals surface area contributed by atoms with E-state index in [1.54, 1.807) is 19.2 Å². The summed E-state index contributed by atoms with van der Waals surface area (Å²) in [6.07, 6.45) is 0.443. The van der Waals surface area contributed by atoms with E-state index in [9.17, 15) is 4.79 Å². The Kier molecular flexibility index (Phi) is 5.63. The van der Waals surface area contributed by atoms with Crippen molar-refractivity contribution in [2.75, 3.05) is 25.5 Å². The molecule has 0 aromatic heterocycles. The van der Waals surface area contributed by atoms with Gasteiger partial charge in [0, 0.05) is 31.3 Å². The van der Waals surface area contributed by atoms with Crippen LogP contribution in [0.3, 0.4) is 0 Å². The first kappa shape index (κ1) is 13.6. The molecule has 1 amide bonds. The van der Waals surface area contributed by atoms with E-state index in [1.807, 2.05) is 13.0 Å². The Labute approximate surface area is 106 Å². The molecule has 17 heavy (non-hydrogen) atoms. The fourth-order valence-corrected chi connectivity index (χ4v) is 1.57. The van der Waals surface area contributed by atoms with Crippen LogP contribution in [0.2, 0.25) is 5.02 Å². The van der Waals surface area contributed by atoms with Crippen molar-refractivity contribution < 1.29 is 9.53 Å². The van der Waals surface area contributed by atoms with Gasteiger partial charge in [0.2, 0.25) is 5.91 Å². The average Bonchev–Trinajstić information content (AvgIpc) is 2.31. The summed E-state index contributed by atoms with van der Waals surface area (Å²) >= 11 is 5.91. The van der Waals surface area contributed by atoms with Crippen LogP contribution in [-0.2, 0) is 4.79 Å². The van der Waals surface area contributed by atoms with Crippen LogP contribution in [0, 0.1) is 0 Å². The molecule has 0 atom stereocenters. The lowest BCUT2D eigenvalue weighted by Gasteiger charge is -2.09. The van der Waals surface area contributed by atoms with Crippen LogP contribution in [0.15, 0.2) is 18.2 Å². The molecule has 0 heterocycles. The molecule has 0 bridgehead atoms. The molecular weight excluding hydrogens is 240 g/mol. The van der Waals surface area contributed by atoms with Crippen molar-refractivity contribution in [2.24, 2.45) is 0 Å². The molecule has 0 radical (unpaired) electrons. The Morgan fingerprint density at radius 2 is 2.24 bits per heavy atom. The van der Waals surface area contributed by atoms with Crippen LogP contribution in [0.4, 0.5) is 5.69 Å². The third-order valence-corrected chi connectivity index (χ3v) is 2.52. The second kappa shape index (κ2) is 7.01. The van der Waals surface area contributed by atoms with Crippen molar-refractivity contribution in [3.8, 4) is 5.75 Å². The quantitative estimate of drug-likeness (QED) is 0.821. The zero-order valence-electron chi connectivity index (χ0n) is 10.0. The highest BCUT2D eigenvalue weighted by Crippen LogP contribution is 2.27. The minimum atomic E-state index is 0.0425. The van der Waals surface area contributed by atoms with Crippen LogP contribution < -0.4 is 15.4 Å². The lowest BCUT2D eigenvalue weighted by atomic mass is 10.3. The third-order valence-electron chi connectivity index (χ3n) is 2.21. The molecule has 0 saturated carbocycles. The Bertz CT molecular complexity index is 383. The molecule has 0 spiro atoms. The van der Waals surface area contributed by atoms with Crippen LogP contribution in [-0.4, -0.2) is 26.1 Å². The number of ether oxygens (including phenoxy) is 1. The van der Waals surface area contributed by atoms with Gasteiger partial charge in [-0.2, -0.15) is 0 Å². The Hall–Kier alpha value is -1.42. The van der Waals surface area contributed by atoms with Crippen molar-refractivity contribution >= 4 is 23.2 Å². The number of hydrogen-bond acceptors (Lipinski definition) is 3. The lowest BCUT2D eigenvalue weighted by molar-refractivity contribution is -0.120. The zero-order valence-corrected chi connectivity index (χ0v) is 10.8. The van der Waals surface area contributed by atoms with E-state index in [1.165, 1.54) is 0 Å². The minimum absolute atomic E-state index is 0.0425. The van der Waals surface area contributed by atoms with E-state index in [-0.39, 0.29) is 5.91 Å². The Morgan fingerprint density at radius 3 is 2.88 bits per heavy atom. The van der Waals surface area contributed by atoms with Crippen molar-refractivity contribution in [3.05, 3.63) is 23.2 Å². The number of methoxy groups -OCH3 is 1. The maximum Gasteiger partial charge on any atom is 0.221 e. The molecule has 94 valence electrons. The van der Waals surface area contributed by atoms with Gasteiger partial charge in [-0.15, -0.1) is 0 Å².